The molecule has 136 valence electrons. The minimum atomic E-state index is -0.418. The van der Waals surface area contributed by atoms with Crippen LogP contribution < -0.4 is 10.6 Å². The van der Waals surface area contributed by atoms with Gasteiger partial charge in [-0.2, -0.15) is 0 Å². The van der Waals surface area contributed by atoms with Crippen LogP contribution in [0.2, 0.25) is 0 Å². The van der Waals surface area contributed by atoms with Gasteiger partial charge in [0, 0.05) is 5.69 Å². The van der Waals surface area contributed by atoms with Crippen molar-refractivity contribution >= 4 is 23.5 Å². The molecule has 4 aliphatic rings. The minimum Gasteiger partial charge on any atom is -0.320 e. The van der Waals surface area contributed by atoms with E-state index in [2.05, 4.69) is 22.8 Å². The molecule has 1 heterocycles. The van der Waals surface area contributed by atoms with Crippen molar-refractivity contribution in [1.29, 1.82) is 0 Å². The number of benzene rings is 1. The number of aryl methyl sites for hydroxylation is 2. The summed E-state index contributed by atoms with van der Waals surface area (Å²) in [6, 6.07) is 5.35. The van der Waals surface area contributed by atoms with Gasteiger partial charge in [-0.1, -0.05) is 30.4 Å². The summed E-state index contributed by atoms with van der Waals surface area (Å²) in [4.78, 5) is 38.9. The summed E-state index contributed by atoms with van der Waals surface area (Å²) in [5, 5.41) is 5.48. The molecule has 1 saturated carbocycles. The molecule has 2 fully saturated rings. The highest BCUT2D eigenvalue weighted by Gasteiger charge is 2.56. The molecular formula is C20H23N3O3. The van der Waals surface area contributed by atoms with Crippen LogP contribution in [0.25, 0.3) is 0 Å². The van der Waals surface area contributed by atoms with Crippen LogP contribution in [0.4, 0.5) is 10.5 Å². The van der Waals surface area contributed by atoms with E-state index in [1.165, 1.54) is 4.90 Å². The Morgan fingerprint density at radius 3 is 2.08 bits per heavy atom. The van der Waals surface area contributed by atoms with Crippen LogP contribution in [0.15, 0.2) is 30.4 Å². The van der Waals surface area contributed by atoms with Crippen molar-refractivity contribution in [2.24, 2.45) is 23.7 Å². The van der Waals surface area contributed by atoms with E-state index in [0.717, 1.165) is 29.7 Å². The number of carbonyl (C=O) groups excluding carboxylic acids is 3. The van der Waals surface area contributed by atoms with Crippen molar-refractivity contribution < 1.29 is 14.4 Å². The third kappa shape index (κ3) is 2.60. The normalized spacial score (nSPS) is 29.1. The van der Waals surface area contributed by atoms with E-state index in [1.807, 2.05) is 32.0 Å². The fourth-order valence-corrected chi connectivity index (χ4v) is 4.61. The molecule has 6 nitrogen and oxygen atoms in total. The smallest absolute Gasteiger partial charge is 0.320 e. The highest BCUT2D eigenvalue weighted by atomic mass is 16.2. The molecule has 0 unspecified atom stereocenters. The van der Waals surface area contributed by atoms with Gasteiger partial charge in [0.15, 0.2) is 0 Å². The van der Waals surface area contributed by atoms with Crippen LogP contribution in [0, 0.1) is 37.5 Å². The molecule has 26 heavy (non-hydrogen) atoms. The highest BCUT2D eigenvalue weighted by Crippen LogP contribution is 2.49. The van der Waals surface area contributed by atoms with Crippen LogP contribution in [-0.2, 0) is 9.59 Å². The first-order valence-corrected chi connectivity index (χ1v) is 9.12. The Bertz CT molecular complexity index is 764. The summed E-state index contributed by atoms with van der Waals surface area (Å²) in [6.07, 6.45) is 6.11. The molecule has 6 heteroatoms. The fraction of sp³-hybridized carbons (Fsp3) is 0.450. The third-order valence-electron chi connectivity index (χ3n) is 5.97. The number of anilines is 1. The van der Waals surface area contributed by atoms with E-state index in [-0.39, 0.29) is 42.2 Å². The molecule has 2 bridgehead atoms. The highest BCUT2D eigenvalue weighted by molar-refractivity contribution is 6.06. The molecule has 1 aromatic carbocycles. The van der Waals surface area contributed by atoms with Crippen molar-refractivity contribution in [1.82, 2.24) is 10.2 Å². The second kappa shape index (κ2) is 6.27. The number of para-hydroxylation sites is 1. The molecule has 0 radical (unpaired) electrons. The largest absolute Gasteiger partial charge is 0.320 e. The van der Waals surface area contributed by atoms with Gasteiger partial charge in [-0.3, -0.25) is 14.5 Å². The number of nitrogens with one attached hydrogen (secondary N) is 2. The lowest BCUT2D eigenvalue weighted by Crippen LogP contribution is -2.43. The van der Waals surface area contributed by atoms with Gasteiger partial charge in [0.25, 0.3) is 0 Å². The maximum Gasteiger partial charge on any atom is 0.320 e. The Balaban J connectivity index is 1.42. The zero-order valence-corrected chi connectivity index (χ0v) is 15.0. The second-order valence-corrected chi connectivity index (χ2v) is 7.50. The summed E-state index contributed by atoms with van der Waals surface area (Å²) in [7, 11) is 0. The monoisotopic (exact) mass is 353 g/mol. The quantitative estimate of drug-likeness (QED) is 0.648. The molecule has 2 N–H and O–H groups in total. The topological polar surface area (TPSA) is 78.5 Å². The van der Waals surface area contributed by atoms with Gasteiger partial charge in [0.1, 0.15) is 6.67 Å². The molecule has 1 aliphatic heterocycles. The van der Waals surface area contributed by atoms with Crippen molar-refractivity contribution in [2.45, 2.75) is 26.7 Å². The number of imide groups is 1. The van der Waals surface area contributed by atoms with Gasteiger partial charge in [-0.25, -0.2) is 4.79 Å². The molecule has 0 aromatic heterocycles. The molecular weight excluding hydrogens is 330 g/mol. The number of fused-ring (bicyclic) bond motifs is 1. The molecule has 1 saturated heterocycles. The number of allylic oxidation sites excluding steroid dienone is 2. The number of urea groups is 1. The number of hydrogen-bond acceptors (Lipinski definition) is 3. The SMILES string of the molecule is Cc1cccc(C)c1NC(=O)NCN1C(=O)[C@H]2[C@H](C1=O)[C@H]1C=C[C@H]2CC1. The summed E-state index contributed by atoms with van der Waals surface area (Å²) in [5.74, 6) is -0.452. The van der Waals surface area contributed by atoms with Crippen LogP contribution in [0.5, 0.6) is 0 Å². The first-order valence-electron chi connectivity index (χ1n) is 9.12. The molecule has 1 aromatic rings. The van der Waals surface area contributed by atoms with Crippen LogP contribution >= 0.6 is 0 Å². The minimum absolute atomic E-state index is 0.0825. The van der Waals surface area contributed by atoms with E-state index in [4.69, 9.17) is 0 Å². The first kappa shape index (κ1) is 16.8. The molecule has 5 rings (SSSR count). The second-order valence-electron chi connectivity index (χ2n) is 7.50. The Labute approximate surface area is 152 Å². The van der Waals surface area contributed by atoms with Gasteiger partial charge < -0.3 is 10.6 Å². The van der Waals surface area contributed by atoms with E-state index < -0.39 is 6.03 Å². The maximum atomic E-state index is 12.7. The number of carbonyl (C=O) groups is 3. The van der Waals surface area contributed by atoms with Gasteiger partial charge in [-0.05, 0) is 49.7 Å². The summed E-state index contributed by atoms with van der Waals surface area (Å²) in [5.41, 5.74) is 2.67. The molecule has 4 amide bonds. The van der Waals surface area contributed by atoms with E-state index in [1.54, 1.807) is 0 Å². The molecule has 3 aliphatic carbocycles. The molecule has 4 atom stereocenters. The van der Waals surface area contributed by atoms with Crippen molar-refractivity contribution in [2.75, 3.05) is 12.0 Å². The zero-order valence-electron chi connectivity index (χ0n) is 15.0. The summed E-state index contributed by atoms with van der Waals surface area (Å²) >= 11 is 0. The van der Waals surface area contributed by atoms with E-state index in [0.29, 0.717) is 0 Å². The number of rotatable bonds is 3. The third-order valence-corrected chi connectivity index (χ3v) is 5.97. The number of hydrogen-bond donors (Lipinski definition) is 2. The lowest BCUT2D eigenvalue weighted by molar-refractivity contribution is -0.140. The lowest BCUT2D eigenvalue weighted by Gasteiger charge is -2.38. The average Bonchev–Trinajstić information content (AvgIpc) is 2.90. The van der Waals surface area contributed by atoms with Gasteiger partial charge in [0.05, 0.1) is 11.8 Å². The predicted octanol–water partition coefficient (Wildman–Crippen LogP) is 2.58. The van der Waals surface area contributed by atoms with Crippen LogP contribution in [0.3, 0.4) is 0 Å². The predicted molar refractivity (Wildman–Crippen MR) is 97.1 cm³/mol. The maximum absolute atomic E-state index is 12.7. The van der Waals surface area contributed by atoms with Crippen molar-refractivity contribution in [3.05, 3.63) is 41.5 Å². The van der Waals surface area contributed by atoms with Crippen molar-refractivity contribution in [3.8, 4) is 0 Å². The lowest BCUT2D eigenvalue weighted by atomic mass is 9.63. The standard InChI is InChI=1S/C20H23N3O3/c1-11-4-3-5-12(2)17(11)22-20(26)21-10-23-18(24)15-13-6-7-14(9-8-13)16(15)19(23)25/h3-7,13-16H,8-10H2,1-2H3,(H2,21,22,26)/t13-,14-,15+,16+/m0/s1. The Morgan fingerprint density at radius 2 is 1.58 bits per heavy atom. The van der Waals surface area contributed by atoms with Gasteiger partial charge in [-0.15, -0.1) is 0 Å². The Kier molecular flexibility index (Phi) is 4.05. The average molecular weight is 353 g/mol. The molecule has 0 spiro atoms. The van der Waals surface area contributed by atoms with Gasteiger partial charge in [0.2, 0.25) is 11.8 Å². The zero-order chi connectivity index (χ0) is 18.4. The summed E-state index contributed by atoms with van der Waals surface area (Å²) in [6.45, 7) is 3.76. The van der Waals surface area contributed by atoms with Gasteiger partial charge >= 0.3 is 6.03 Å². The number of likely N-dealkylation sites (tertiary alicyclic amines) is 1. The number of amides is 4. The first-order chi connectivity index (χ1) is 12.5. The Morgan fingerprint density at radius 1 is 1.04 bits per heavy atom. The van der Waals surface area contributed by atoms with E-state index in [9.17, 15) is 14.4 Å². The van der Waals surface area contributed by atoms with Crippen molar-refractivity contribution in [3.63, 3.8) is 0 Å². The van der Waals surface area contributed by atoms with Crippen LogP contribution in [-0.4, -0.2) is 29.4 Å². The Hall–Kier alpha value is -2.63. The van der Waals surface area contributed by atoms with Crippen LogP contribution in [0.1, 0.15) is 24.0 Å². The summed E-state index contributed by atoms with van der Waals surface area (Å²) < 4.78 is 0. The fourth-order valence-electron chi connectivity index (χ4n) is 4.61. The number of nitrogens with zero attached hydrogens (tertiary/aromatic N) is 1. The van der Waals surface area contributed by atoms with E-state index >= 15 is 0 Å².